The van der Waals surface area contributed by atoms with Gasteiger partial charge in [-0.25, -0.2) is 4.98 Å². The standard InChI is InChI=1S/C18H17N3O2S/c1-24-18-20-16-15(17(23)21-18)13(10-6-3-2-4-7-10)14-11(19-16)8-5-9-12(14)22/h2-4,6-7,13H,5,8-9H2,1H3,(H2,19,20,21,23)/t13-/m1/s1. The molecule has 4 rings (SSSR count). The molecule has 0 bridgehead atoms. The number of Topliss-reactive ketones (excluding diaryl/α,β-unsaturated/α-hetero) is 1. The molecule has 1 aromatic heterocycles. The number of ketones is 1. The lowest BCUT2D eigenvalue weighted by Crippen LogP contribution is -2.32. The van der Waals surface area contributed by atoms with Crippen molar-refractivity contribution in [3.05, 3.63) is 63.1 Å². The Morgan fingerprint density at radius 3 is 2.71 bits per heavy atom. The lowest BCUT2D eigenvalue weighted by atomic mass is 9.76. The van der Waals surface area contributed by atoms with Crippen molar-refractivity contribution in [1.82, 2.24) is 9.97 Å². The largest absolute Gasteiger partial charge is 0.343 e. The fourth-order valence-corrected chi connectivity index (χ4v) is 3.89. The van der Waals surface area contributed by atoms with Crippen LogP contribution in [-0.4, -0.2) is 22.0 Å². The molecule has 0 spiro atoms. The van der Waals surface area contributed by atoms with Crippen LogP contribution in [0.3, 0.4) is 0 Å². The number of aromatic nitrogens is 2. The van der Waals surface area contributed by atoms with E-state index in [2.05, 4.69) is 15.3 Å². The van der Waals surface area contributed by atoms with Crippen LogP contribution in [-0.2, 0) is 4.79 Å². The molecule has 1 aliphatic heterocycles. The summed E-state index contributed by atoms with van der Waals surface area (Å²) in [6.45, 7) is 0. The maximum atomic E-state index is 12.7. The van der Waals surface area contributed by atoms with Gasteiger partial charge in [0.25, 0.3) is 5.56 Å². The highest BCUT2D eigenvalue weighted by molar-refractivity contribution is 7.98. The van der Waals surface area contributed by atoms with E-state index in [9.17, 15) is 9.59 Å². The highest BCUT2D eigenvalue weighted by atomic mass is 32.2. The van der Waals surface area contributed by atoms with Gasteiger partial charge in [0.05, 0.1) is 5.56 Å². The zero-order valence-corrected chi connectivity index (χ0v) is 14.1. The summed E-state index contributed by atoms with van der Waals surface area (Å²) < 4.78 is 0. The average molecular weight is 339 g/mol. The minimum Gasteiger partial charge on any atom is -0.343 e. The van der Waals surface area contributed by atoms with Crippen molar-refractivity contribution in [2.45, 2.75) is 30.3 Å². The maximum absolute atomic E-state index is 12.7. The van der Waals surface area contributed by atoms with E-state index in [1.54, 1.807) is 0 Å². The summed E-state index contributed by atoms with van der Waals surface area (Å²) in [5.41, 5.74) is 2.94. The molecular weight excluding hydrogens is 322 g/mol. The number of carbonyl (C=O) groups excluding carboxylic acids is 1. The van der Waals surface area contributed by atoms with Crippen LogP contribution in [0, 0.1) is 0 Å². The van der Waals surface area contributed by atoms with Crippen LogP contribution in [0.1, 0.15) is 36.3 Å². The molecule has 2 aliphatic rings. The summed E-state index contributed by atoms with van der Waals surface area (Å²) in [4.78, 5) is 32.7. The lowest BCUT2D eigenvalue weighted by molar-refractivity contribution is -0.116. The van der Waals surface area contributed by atoms with Crippen molar-refractivity contribution in [3.8, 4) is 0 Å². The summed E-state index contributed by atoms with van der Waals surface area (Å²) in [5.74, 6) is 0.347. The Bertz CT molecular complexity index is 902. The van der Waals surface area contributed by atoms with Crippen molar-refractivity contribution in [1.29, 1.82) is 0 Å². The number of thioether (sulfide) groups is 1. The average Bonchev–Trinajstić information content (AvgIpc) is 2.60. The van der Waals surface area contributed by atoms with Crippen LogP contribution in [0.2, 0.25) is 0 Å². The third-order valence-corrected chi connectivity index (χ3v) is 5.14. The second-order valence-electron chi connectivity index (χ2n) is 5.98. The number of benzene rings is 1. The number of aromatic amines is 1. The molecule has 122 valence electrons. The number of rotatable bonds is 2. The van der Waals surface area contributed by atoms with Crippen molar-refractivity contribution >= 4 is 23.4 Å². The fourth-order valence-electron chi connectivity index (χ4n) is 3.52. The number of H-pyrrole nitrogens is 1. The second kappa shape index (κ2) is 5.94. The van der Waals surface area contributed by atoms with E-state index in [1.807, 2.05) is 36.6 Å². The quantitative estimate of drug-likeness (QED) is 0.650. The topological polar surface area (TPSA) is 74.8 Å². The number of fused-ring (bicyclic) bond motifs is 1. The molecule has 0 saturated carbocycles. The molecule has 5 nitrogen and oxygen atoms in total. The Labute approximate surface area is 143 Å². The van der Waals surface area contributed by atoms with Gasteiger partial charge in [-0.2, -0.15) is 0 Å². The van der Waals surface area contributed by atoms with Gasteiger partial charge >= 0.3 is 0 Å². The van der Waals surface area contributed by atoms with Gasteiger partial charge < -0.3 is 10.3 Å². The van der Waals surface area contributed by atoms with E-state index >= 15 is 0 Å². The van der Waals surface area contributed by atoms with Gasteiger partial charge in [-0.3, -0.25) is 9.59 Å². The van der Waals surface area contributed by atoms with Crippen molar-refractivity contribution in [2.75, 3.05) is 11.6 Å². The van der Waals surface area contributed by atoms with E-state index in [-0.39, 0.29) is 17.3 Å². The Balaban J connectivity index is 1.99. The molecule has 2 heterocycles. The Morgan fingerprint density at radius 1 is 1.17 bits per heavy atom. The van der Waals surface area contributed by atoms with Gasteiger partial charge in [-0.05, 0) is 24.7 Å². The number of carbonyl (C=O) groups is 1. The van der Waals surface area contributed by atoms with E-state index in [0.717, 1.165) is 29.7 Å². The van der Waals surface area contributed by atoms with Crippen LogP contribution < -0.4 is 10.9 Å². The van der Waals surface area contributed by atoms with Gasteiger partial charge in [0.15, 0.2) is 10.9 Å². The molecule has 2 N–H and O–H groups in total. The van der Waals surface area contributed by atoms with Gasteiger partial charge in [0.2, 0.25) is 0 Å². The van der Waals surface area contributed by atoms with Crippen molar-refractivity contribution in [3.63, 3.8) is 0 Å². The minimum atomic E-state index is -0.350. The Kier molecular flexibility index (Phi) is 3.76. The number of hydrogen-bond donors (Lipinski definition) is 2. The molecule has 0 saturated heterocycles. The molecule has 1 atom stereocenters. The summed E-state index contributed by atoms with van der Waals surface area (Å²) in [6, 6.07) is 9.73. The fraction of sp³-hybridized carbons (Fsp3) is 0.278. The van der Waals surface area contributed by atoms with Crippen LogP contribution in [0.4, 0.5) is 5.82 Å². The predicted molar refractivity (Wildman–Crippen MR) is 94.4 cm³/mol. The number of hydrogen-bond acceptors (Lipinski definition) is 5. The summed E-state index contributed by atoms with van der Waals surface area (Å²) in [7, 11) is 0. The van der Waals surface area contributed by atoms with Crippen LogP contribution in [0.5, 0.6) is 0 Å². The third-order valence-electron chi connectivity index (χ3n) is 4.56. The first-order chi connectivity index (χ1) is 11.7. The molecule has 0 fully saturated rings. The number of nitrogens with one attached hydrogen (secondary N) is 2. The monoisotopic (exact) mass is 339 g/mol. The van der Waals surface area contributed by atoms with Crippen LogP contribution in [0.25, 0.3) is 0 Å². The smallest absolute Gasteiger partial charge is 0.257 e. The van der Waals surface area contributed by atoms with Gasteiger partial charge in [0.1, 0.15) is 5.82 Å². The van der Waals surface area contributed by atoms with Gasteiger partial charge in [-0.1, -0.05) is 42.1 Å². The number of allylic oxidation sites excluding steroid dienone is 2. The normalized spacial score (nSPS) is 19.5. The number of anilines is 1. The zero-order chi connectivity index (χ0) is 16.7. The SMILES string of the molecule is CSc1nc2c(c(=O)[nH]1)[C@H](c1ccccc1)C1=C(CCCC1=O)N2. The Morgan fingerprint density at radius 2 is 1.96 bits per heavy atom. The number of nitrogens with zero attached hydrogens (tertiary/aromatic N) is 1. The second-order valence-corrected chi connectivity index (χ2v) is 6.77. The zero-order valence-electron chi connectivity index (χ0n) is 13.3. The molecule has 0 radical (unpaired) electrons. The molecule has 1 aromatic carbocycles. The minimum absolute atomic E-state index is 0.122. The Hall–Kier alpha value is -2.34. The summed E-state index contributed by atoms with van der Waals surface area (Å²) in [6.07, 6.45) is 4.05. The van der Waals surface area contributed by atoms with Crippen molar-refractivity contribution < 1.29 is 4.79 Å². The van der Waals surface area contributed by atoms with Gasteiger partial charge in [0, 0.05) is 23.6 Å². The van der Waals surface area contributed by atoms with Crippen LogP contribution in [0.15, 0.2) is 51.6 Å². The first-order valence-corrected chi connectivity index (χ1v) is 9.18. The molecular formula is C18H17N3O2S. The third kappa shape index (κ3) is 2.38. The van der Waals surface area contributed by atoms with E-state index in [1.165, 1.54) is 11.8 Å². The predicted octanol–water partition coefficient (Wildman–Crippen LogP) is 3.06. The molecule has 0 amide bonds. The summed E-state index contributed by atoms with van der Waals surface area (Å²) in [5, 5.41) is 3.83. The molecule has 24 heavy (non-hydrogen) atoms. The van der Waals surface area contributed by atoms with Crippen molar-refractivity contribution in [2.24, 2.45) is 0 Å². The van der Waals surface area contributed by atoms with Gasteiger partial charge in [-0.15, -0.1) is 0 Å². The molecule has 6 heteroatoms. The van der Waals surface area contributed by atoms with E-state index in [4.69, 9.17) is 0 Å². The lowest BCUT2D eigenvalue weighted by Gasteiger charge is -2.32. The summed E-state index contributed by atoms with van der Waals surface area (Å²) >= 11 is 1.39. The highest BCUT2D eigenvalue weighted by Crippen LogP contribution is 2.43. The van der Waals surface area contributed by atoms with E-state index < -0.39 is 0 Å². The molecule has 0 unspecified atom stereocenters. The maximum Gasteiger partial charge on any atom is 0.257 e. The molecule has 1 aliphatic carbocycles. The van der Waals surface area contributed by atoms with Crippen LogP contribution >= 0.6 is 11.8 Å². The molecule has 2 aromatic rings. The highest BCUT2D eigenvalue weighted by Gasteiger charge is 2.37. The van der Waals surface area contributed by atoms with E-state index in [0.29, 0.717) is 23.0 Å². The first-order valence-electron chi connectivity index (χ1n) is 7.95. The first kappa shape index (κ1) is 15.2.